The lowest BCUT2D eigenvalue weighted by Crippen LogP contribution is -2.15. The van der Waals surface area contributed by atoms with Crippen molar-refractivity contribution in [2.45, 2.75) is 19.3 Å². The van der Waals surface area contributed by atoms with Crippen molar-refractivity contribution in [2.24, 2.45) is 0 Å². The molecule has 2 aromatic rings. The number of anilines is 2. The highest BCUT2D eigenvalue weighted by Gasteiger charge is 2.18. The molecule has 1 aromatic carbocycles. The number of aliphatic hydroxyl groups excluding tert-OH is 1. The molecule has 1 aromatic heterocycles. The molecule has 0 aliphatic heterocycles. The Kier molecular flexibility index (Phi) is 7.70. The van der Waals surface area contributed by atoms with Crippen molar-refractivity contribution >= 4 is 17.4 Å². The van der Waals surface area contributed by atoms with E-state index >= 15 is 0 Å². The van der Waals surface area contributed by atoms with Gasteiger partial charge in [0.15, 0.2) is 0 Å². The standard InChI is InChI=1S/C19H25N3O4/c1-25-15-7-6-8-16(26-2)18(15)19(24)22-14-9-10-17(21-13-14)20-11-4-3-5-12-23/h6-10,13,23H,3-5,11-12H2,1-2H3,(H,20,21)(H,22,24). The predicted octanol–water partition coefficient (Wildman–Crippen LogP) is 2.93. The number of hydrogen-bond donors (Lipinski definition) is 3. The van der Waals surface area contributed by atoms with Gasteiger partial charge in [-0.05, 0) is 43.5 Å². The molecule has 140 valence electrons. The molecule has 0 saturated heterocycles. The molecule has 0 aliphatic rings. The topological polar surface area (TPSA) is 92.7 Å². The van der Waals surface area contributed by atoms with Crippen molar-refractivity contribution in [3.8, 4) is 11.5 Å². The van der Waals surface area contributed by atoms with Crippen molar-refractivity contribution in [3.05, 3.63) is 42.1 Å². The Morgan fingerprint density at radius 2 is 1.81 bits per heavy atom. The maximum absolute atomic E-state index is 12.6. The van der Waals surface area contributed by atoms with Crippen LogP contribution in [0.4, 0.5) is 11.5 Å². The minimum absolute atomic E-state index is 0.226. The van der Waals surface area contributed by atoms with Crippen LogP contribution in [0.15, 0.2) is 36.5 Å². The summed E-state index contributed by atoms with van der Waals surface area (Å²) in [5.74, 6) is 1.29. The van der Waals surface area contributed by atoms with E-state index in [2.05, 4.69) is 15.6 Å². The van der Waals surface area contributed by atoms with Gasteiger partial charge in [-0.15, -0.1) is 0 Å². The molecule has 2 rings (SSSR count). The van der Waals surface area contributed by atoms with Gasteiger partial charge >= 0.3 is 0 Å². The Morgan fingerprint density at radius 3 is 2.38 bits per heavy atom. The quantitative estimate of drug-likeness (QED) is 0.565. The summed E-state index contributed by atoms with van der Waals surface area (Å²) >= 11 is 0. The first-order chi connectivity index (χ1) is 12.7. The fourth-order valence-corrected chi connectivity index (χ4v) is 2.47. The lowest BCUT2D eigenvalue weighted by Gasteiger charge is -2.13. The van der Waals surface area contributed by atoms with Gasteiger partial charge in [-0.1, -0.05) is 6.07 Å². The normalized spacial score (nSPS) is 10.3. The fraction of sp³-hybridized carbons (Fsp3) is 0.368. The van der Waals surface area contributed by atoms with Crippen molar-refractivity contribution in [3.63, 3.8) is 0 Å². The summed E-state index contributed by atoms with van der Waals surface area (Å²) in [6.45, 7) is 1.01. The van der Waals surface area contributed by atoms with Gasteiger partial charge in [-0.2, -0.15) is 0 Å². The first-order valence-electron chi connectivity index (χ1n) is 8.52. The lowest BCUT2D eigenvalue weighted by atomic mass is 10.1. The number of rotatable bonds is 10. The zero-order valence-electron chi connectivity index (χ0n) is 15.1. The molecule has 0 fully saturated rings. The number of hydrogen-bond acceptors (Lipinski definition) is 6. The SMILES string of the molecule is COc1cccc(OC)c1C(=O)Nc1ccc(NCCCCCO)nc1. The highest BCUT2D eigenvalue weighted by atomic mass is 16.5. The number of aliphatic hydroxyl groups is 1. The van der Waals surface area contributed by atoms with Gasteiger partial charge < -0.3 is 25.2 Å². The van der Waals surface area contributed by atoms with Crippen molar-refractivity contribution in [1.82, 2.24) is 4.98 Å². The Balaban J connectivity index is 1.98. The number of aromatic nitrogens is 1. The smallest absolute Gasteiger partial charge is 0.263 e. The average Bonchev–Trinajstić information content (AvgIpc) is 2.68. The minimum atomic E-state index is -0.328. The number of unbranched alkanes of at least 4 members (excludes halogenated alkanes) is 2. The number of carbonyl (C=O) groups is 1. The summed E-state index contributed by atoms with van der Waals surface area (Å²) in [7, 11) is 3.02. The van der Waals surface area contributed by atoms with Gasteiger partial charge in [0.25, 0.3) is 5.91 Å². The number of nitrogens with zero attached hydrogens (tertiary/aromatic N) is 1. The molecule has 0 unspecified atom stereocenters. The second-order valence-corrected chi connectivity index (χ2v) is 5.63. The monoisotopic (exact) mass is 359 g/mol. The van der Waals surface area contributed by atoms with E-state index in [4.69, 9.17) is 14.6 Å². The molecule has 0 aliphatic carbocycles. The maximum Gasteiger partial charge on any atom is 0.263 e. The Labute approximate surface area is 153 Å². The number of pyridine rings is 1. The third-order valence-corrected chi connectivity index (χ3v) is 3.82. The summed E-state index contributed by atoms with van der Waals surface area (Å²) in [5, 5.41) is 14.8. The number of amides is 1. The van der Waals surface area contributed by atoms with E-state index in [1.807, 2.05) is 0 Å². The van der Waals surface area contributed by atoms with Crippen molar-refractivity contribution < 1.29 is 19.4 Å². The van der Waals surface area contributed by atoms with Crippen LogP contribution in [0.2, 0.25) is 0 Å². The Hall–Kier alpha value is -2.80. The van der Waals surface area contributed by atoms with E-state index in [-0.39, 0.29) is 12.5 Å². The third kappa shape index (κ3) is 5.35. The summed E-state index contributed by atoms with van der Waals surface area (Å²) in [6.07, 6.45) is 4.34. The molecular weight excluding hydrogens is 334 g/mol. The molecule has 7 heteroatoms. The minimum Gasteiger partial charge on any atom is -0.496 e. The fourth-order valence-electron chi connectivity index (χ4n) is 2.47. The van der Waals surface area contributed by atoms with Crippen LogP contribution in [-0.4, -0.2) is 43.4 Å². The van der Waals surface area contributed by atoms with E-state index in [0.29, 0.717) is 22.7 Å². The molecule has 1 amide bonds. The molecule has 7 nitrogen and oxygen atoms in total. The largest absolute Gasteiger partial charge is 0.496 e. The second-order valence-electron chi connectivity index (χ2n) is 5.63. The lowest BCUT2D eigenvalue weighted by molar-refractivity contribution is 0.102. The van der Waals surface area contributed by atoms with Crippen LogP contribution in [-0.2, 0) is 0 Å². The highest BCUT2D eigenvalue weighted by molar-refractivity contribution is 6.08. The molecule has 26 heavy (non-hydrogen) atoms. The van der Waals surface area contributed by atoms with E-state index in [1.165, 1.54) is 14.2 Å². The second kappa shape index (κ2) is 10.2. The molecule has 0 spiro atoms. The van der Waals surface area contributed by atoms with Crippen LogP contribution in [0, 0.1) is 0 Å². The third-order valence-electron chi connectivity index (χ3n) is 3.82. The van der Waals surface area contributed by atoms with Gasteiger partial charge in [0.1, 0.15) is 22.9 Å². The number of nitrogens with one attached hydrogen (secondary N) is 2. The number of carbonyl (C=O) groups excluding carboxylic acids is 1. The van der Waals surface area contributed by atoms with Gasteiger partial charge in [0.2, 0.25) is 0 Å². The van der Waals surface area contributed by atoms with E-state index in [9.17, 15) is 4.79 Å². The van der Waals surface area contributed by atoms with Crippen LogP contribution in [0.3, 0.4) is 0 Å². The summed E-state index contributed by atoms with van der Waals surface area (Å²) < 4.78 is 10.5. The van der Waals surface area contributed by atoms with E-state index in [1.54, 1.807) is 36.5 Å². The van der Waals surface area contributed by atoms with Crippen molar-refractivity contribution in [2.75, 3.05) is 38.0 Å². The summed E-state index contributed by atoms with van der Waals surface area (Å²) in [5.41, 5.74) is 0.914. The van der Waals surface area contributed by atoms with Crippen LogP contribution in [0.1, 0.15) is 29.6 Å². The molecule has 0 radical (unpaired) electrons. The maximum atomic E-state index is 12.6. The van der Waals surface area contributed by atoms with Gasteiger partial charge in [0.05, 0.1) is 26.1 Å². The first-order valence-corrected chi connectivity index (χ1v) is 8.52. The molecule has 0 bridgehead atoms. The summed E-state index contributed by atoms with van der Waals surface area (Å²) in [4.78, 5) is 16.9. The highest BCUT2D eigenvalue weighted by Crippen LogP contribution is 2.29. The predicted molar refractivity (Wildman–Crippen MR) is 101 cm³/mol. The van der Waals surface area contributed by atoms with Crippen molar-refractivity contribution in [1.29, 1.82) is 0 Å². The number of benzene rings is 1. The van der Waals surface area contributed by atoms with Gasteiger partial charge in [-0.25, -0.2) is 4.98 Å². The molecular formula is C19H25N3O4. The van der Waals surface area contributed by atoms with Crippen LogP contribution in [0.5, 0.6) is 11.5 Å². The number of ether oxygens (including phenoxy) is 2. The molecule has 0 atom stereocenters. The van der Waals surface area contributed by atoms with Gasteiger partial charge in [0, 0.05) is 13.2 Å². The summed E-state index contributed by atoms with van der Waals surface area (Å²) in [6, 6.07) is 8.76. The van der Waals surface area contributed by atoms with E-state index < -0.39 is 0 Å². The first kappa shape index (κ1) is 19.5. The van der Waals surface area contributed by atoms with Gasteiger partial charge in [-0.3, -0.25) is 4.79 Å². The van der Waals surface area contributed by atoms with Crippen LogP contribution >= 0.6 is 0 Å². The van der Waals surface area contributed by atoms with E-state index in [0.717, 1.165) is 31.6 Å². The number of methoxy groups -OCH3 is 2. The zero-order valence-corrected chi connectivity index (χ0v) is 15.1. The zero-order chi connectivity index (χ0) is 18.8. The average molecular weight is 359 g/mol. The van der Waals surface area contributed by atoms with Crippen LogP contribution < -0.4 is 20.1 Å². The Bertz CT molecular complexity index is 682. The molecule has 0 saturated carbocycles. The molecule has 1 heterocycles. The molecule has 3 N–H and O–H groups in total. The van der Waals surface area contributed by atoms with Crippen LogP contribution in [0.25, 0.3) is 0 Å². The Morgan fingerprint density at radius 1 is 1.08 bits per heavy atom.